The van der Waals surface area contributed by atoms with Gasteiger partial charge in [-0.2, -0.15) is 0 Å². The zero-order valence-electron chi connectivity index (χ0n) is 20.3. The Kier molecular flexibility index (Phi) is 9.56. The summed E-state index contributed by atoms with van der Waals surface area (Å²) in [5, 5.41) is 4.44. The van der Waals surface area contributed by atoms with E-state index in [0.29, 0.717) is 13.2 Å². The van der Waals surface area contributed by atoms with Crippen molar-refractivity contribution in [2.75, 3.05) is 38.2 Å². The molecular weight excluding hydrogens is 448 g/mol. The summed E-state index contributed by atoms with van der Waals surface area (Å²) in [5.74, 6) is 1.30. The first kappa shape index (κ1) is 26.1. The lowest BCUT2D eigenvalue weighted by atomic mass is 10.0. The average Bonchev–Trinajstić information content (AvgIpc) is 3.50. The van der Waals surface area contributed by atoms with Gasteiger partial charge in [0.1, 0.15) is 11.5 Å². The molecule has 3 aromatic rings. The summed E-state index contributed by atoms with van der Waals surface area (Å²) in [7, 11) is 0. The summed E-state index contributed by atoms with van der Waals surface area (Å²) in [6.45, 7) is 7.99. The van der Waals surface area contributed by atoms with Crippen molar-refractivity contribution in [1.82, 2.24) is 19.9 Å². The second-order valence-electron chi connectivity index (χ2n) is 8.29. The van der Waals surface area contributed by atoms with E-state index in [1.54, 1.807) is 4.90 Å². The molecule has 4 N–H and O–H groups in total. The van der Waals surface area contributed by atoms with Gasteiger partial charge in [-0.1, -0.05) is 37.3 Å². The maximum Gasteiger partial charge on any atom is 0.209 e. The molecule has 2 aliphatic heterocycles. The van der Waals surface area contributed by atoms with Crippen molar-refractivity contribution >= 4 is 29.7 Å². The molecule has 188 valence electrons. The van der Waals surface area contributed by atoms with Gasteiger partial charge in [0, 0.05) is 43.7 Å². The third-order valence-corrected chi connectivity index (χ3v) is 5.72. The number of nitrogens with one attached hydrogen (secondary N) is 2. The Hall–Kier alpha value is -3.50. The van der Waals surface area contributed by atoms with Gasteiger partial charge in [-0.25, -0.2) is 9.97 Å². The number of ether oxygens (including phenoxy) is 2. The van der Waals surface area contributed by atoms with Gasteiger partial charge in [0.15, 0.2) is 11.6 Å². The minimum absolute atomic E-state index is 0.250. The van der Waals surface area contributed by atoms with E-state index in [0.717, 1.165) is 79.2 Å². The normalized spacial score (nSPS) is 16.1. The minimum atomic E-state index is -0.348. The number of nitrogens with zero attached hydrogens (tertiary/aromatic N) is 3. The van der Waals surface area contributed by atoms with E-state index in [1.165, 1.54) is 0 Å². The van der Waals surface area contributed by atoms with Crippen molar-refractivity contribution in [3.05, 3.63) is 42.1 Å². The Morgan fingerprint density at radius 3 is 2.40 bits per heavy atom. The van der Waals surface area contributed by atoms with Crippen LogP contribution in [0.2, 0.25) is 0 Å². The fourth-order valence-electron chi connectivity index (χ4n) is 3.99. The van der Waals surface area contributed by atoms with Crippen molar-refractivity contribution in [2.24, 2.45) is 5.73 Å². The van der Waals surface area contributed by atoms with Gasteiger partial charge < -0.3 is 30.4 Å². The number of rotatable bonds is 5. The van der Waals surface area contributed by atoms with E-state index < -0.39 is 0 Å². The Morgan fingerprint density at radius 2 is 1.80 bits per heavy atom. The molecule has 0 saturated carbocycles. The number of nitrogens with two attached hydrogens (primary N) is 1. The van der Waals surface area contributed by atoms with Crippen molar-refractivity contribution < 1.29 is 19.1 Å². The summed E-state index contributed by atoms with van der Waals surface area (Å²) < 4.78 is 11.0. The van der Waals surface area contributed by atoms with Crippen LogP contribution in [0.4, 0.5) is 5.82 Å². The Bertz CT molecular complexity index is 1070. The van der Waals surface area contributed by atoms with E-state index in [1.807, 2.05) is 37.3 Å². The summed E-state index contributed by atoms with van der Waals surface area (Å²) in [6, 6.07) is 12.1. The summed E-state index contributed by atoms with van der Waals surface area (Å²) in [6.07, 6.45) is 3.83. The molecule has 4 heterocycles. The van der Waals surface area contributed by atoms with Crippen molar-refractivity contribution in [1.29, 1.82) is 0 Å². The van der Waals surface area contributed by atoms with Gasteiger partial charge >= 0.3 is 0 Å². The number of piperidine rings is 1. The van der Waals surface area contributed by atoms with E-state index in [4.69, 9.17) is 14.3 Å². The number of primary amides is 1. The number of aromatic nitrogens is 3. The number of hydrogen-bond acceptors (Lipinski definition) is 7. The lowest BCUT2D eigenvalue weighted by Gasteiger charge is -2.35. The van der Waals surface area contributed by atoms with Crippen LogP contribution in [0.25, 0.3) is 22.4 Å². The highest BCUT2D eigenvalue weighted by Gasteiger charge is 2.39. The van der Waals surface area contributed by atoms with Crippen molar-refractivity contribution in [2.45, 2.75) is 38.9 Å². The molecule has 2 aliphatic rings. The zero-order chi connectivity index (χ0) is 25.1. The van der Waals surface area contributed by atoms with Crippen molar-refractivity contribution in [3.63, 3.8) is 0 Å². The summed E-state index contributed by atoms with van der Waals surface area (Å²) >= 11 is 0. The smallest absolute Gasteiger partial charge is 0.209 e. The number of amides is 2. The van der Waals surface area contributed by atoms with Gasteiger partial charge in [0.05, 0.1) is 18.6 Å². The van der Waals surface area contributed by atoms with Crippen LogP contribution in [-0.4, -0.2) is 71.3 Å². The van der Waals surface area contributed by atoms with E-state index in [-0.39, 0.29) is 12.2 Å². The first-order chi connectivity index (χ1) is 17.0. The molecule has 5 rings (SSSR count). The fourth-order valence-corrected chi connectivity index (χ4v) is 3.99. The van der Waals surface area contributed by atoms with Crippen LogP contribution in [0.1, 0.15) is 31.9 Å². The molecule has 0 radical (unpaired) electrons. The predicted octanol–water partition coefficient (Wildman–Crippen LogP) is 2.84. The number of benzene rings is 1. The maximum atomic E-state index is 10.4. The van der Waals surface area contributed by atoms with Gasteiger partial charge in [0.2, 0.25) is 12.8 Å². The second-order valence-corrected chi connectivity index (χ2v) is 8.29. The lowest BCUT2D eigenvalue weighted by molar-refractivity contribution is -0.184. The number of likely N-dealkylation sites (tertiary alicyclic amines) is 1. The van der Waals surface area contributed by atoms with Gasteiger partial charge in [-0.05, 0) is 19.4 Å². The van der Waals surface area contributed by atoms with Gasteiger partial charge in [0.25, 0.3) is 0 Å². The molecule has 1 spiro atoms. The van der Waals surface area contributed by atoms with Crippen LogP contribution < -0.4 is 11.1 Å². The van der Waals surface area contributed by atoms with Crippen LogP contribution in [0.3, 0.4) is 0 Å². The summed E-state index contributed by atoms with van der Waals surface area (Å²) in [4.78, 5) is 33.4. The third-order valence-electron chi connectivity index (χ3n) is 5.72. The predicted molar refractivity (Wildman–Crippen MR) is 135 cm³/mol. The number of anilines is 1. The molecule has 2 saturated heterocycles. The Labute approximate surface area is 205 Å². The van der Waals surface area contributed by atoms with E-state index in [9.17, 15) is 4.79 Å². The molecule has 2 fully saturated rings. The molecular formula is C25H34N6O4. The first-order valence-electron chi connectivity index (χ1n) is 11.8. The number of hydrogen-bond donors (Lipinski definition) is 3. The largest absolute Gasteiger partial charge is 0.372 e. The molecule has 0 bridgehead atoms. The highest BCUT2D eigenvalue weighted by Crippen LogP contribution is 2.30. The monoisotopic (exact) mass is 482 g/mol. The van der Waals surface area contributed by atoms with Crippen LogP contribution in [-0.2, 0) is 19.1 Å². The van der Waals surface area contributed by atoms with E-state index in [2.05, 4.69) is 39.0 Å². The number of H-pyrrole nitrogens is 1. The van der Waals surface area contributed by atoms with Crippen LogP contribution in [0, 0.1) is 6.92 Å². The SMILES string of the molecule is CCCNc1nc(-c2ccccc2)nc2[nH]c(C)cc12.NC=O.O=CN1CCC2(CC1)OCCO2. The average molecular weight is 483 g/mol. The maximum absolute atomic E-state index is 10.4. The highest BCUT2D eigenvalue weighted by molar-refractivity contribution is 5.89. The molecule has 0 unspecified atom stereocenters. The zero-order valence-corrected chi connectivity index (χ0v) is 20.3. The molecule has 1 aromatic carbocycles. The first-order valence-corrected chi connectivity index (χ1v) is 11.8. The molecule has 35 heavy (non-hydrogen) atoms. The number of carbonyl (C=O) groups excluding carboxylic acids is 2. The lowest BCUT2D eigenvalue weighted by Crippen LogP contribution is -2.44. The fraction of sp³-hybridized carbons (Fsp3) is 0.440. The minimum Gasteiger partial charge on any atom is -0.372 e. The van der Waals surface area contributed by atoms with E-state index >= 15 is 0 Å². The van der Waals surface area contributed by atoms with Crippen LogP contribution in [0.15, 0.2) is 36.4 Å². The number of aryl methyl sites for hydroxylation is 1. The molecule has 10 nitrogen and oxygen atoms in total. The summed E-state index contributed by atoms with van der Waals surface area (Å²) in [5.41, 5.74) is 7.18. The Balaban J connectivity index is 0.000000194. The third kappa shape index (κ3) is 7.00. The second kappa shape index (κ2) is 12.8. The topological polar surface area (TPSA) is 135 Å². The number of aromatic amines is 1. The van der Waals surface area contributed by atoms with Crippen LogP contribution >= 0.6 is 0 Å². The standard InChI is InChI=1S/C16H18N4.C8H13NO3.CH3NO/c1-3-9-17-15-13-10-11(2)18-16(13)20-14(19-15)12-7-5-4-6-8-12;10-7-9-3-1-8(2-4-9)11-5-6-12-8;2-1-3/h4-8,10H,3,9H2,1-2H3,(H2,17,18,19,20);7H,1-6H2;1H,(H2,2,3). The quantitative estimate of drug-likeness (QED) is 0.476. The number of carbonyl (C=O) groups is 2. The molecule has 0 atom stereocenters. The molecule has 0 aliphatic carbocycles. The highest BCUT2D eigenvalue weighted by atomic mass is 16.7. The number of fused-ring (bicyclic) bond motifs is 1. The molecule has 2 aromatic heterocycles. The Morgan fingerprint density at radius 1 is 1.14 bits per heavy atom. The van der Waals surface area contributed by atoms with Crippen molar-refractivity contribution in [3.8, 4) is 11.4 Å². The van der Waals surface area contributed by atoms with Crippen LogP contribution in [0.5, 0.6) is 0 Å². The molecule has 2 amide bonds. The van der Waals surface area contributed by atoms with Gasteiger partial charge in [-0.3, -0.25) is 9.59 Å². The molecule has 10 heteroatoms. The van der Waals surface area contributed by atoms with Gasteiger partial charge in [-0.15, -0.1) is 0 Å².